The zero-order valence-electron chi connectivity index (χ0n) is 4.89. The number of aliphatic hydroxyl groups is 1. The highest BCUT2D eigenvalue weighted by Gasteiger charge is 2.46. The number of aliphatic hydroxyl groups excluding tert-OH is 1. The lowest BCUT2D eigenvalue weighted by molar-refractivity contribution is -0.769. The molecule has 1 fully saturated rings. The van der Waals surface area contributed by atoms with E-state index in [0.717, 1.165) is 11.0 Å². The van der Waals surface area contributed by atoms with Gasteiger partial charge < -0.3 is 9.59 Å². The standard InChI is InChI=1S/C5H12NO/c1-6(2)3-5(6)4-7/h5,7H,3-4H2,1-2H3/q+1. The van der Waals surface area contributed by atoms with E-state index in [-0.39, 0.29) is 0 Å². The second-order valence-corrected chi connectivity index (χ2v) is 2.80. The van der Waals surface area contributed by atoms with Gasteiger partial charge in [0.15, 0.2) is 6.04 Å². The smallest absolute Gasteiger partial charge is 0.162 e. The zero-order chi connectivity index (χ0) is 5.49. The molecule has 2 heteroatoms. The van der Waals surface area contributed by atoms with E-state index in [1.54, 1.807) is 0 Å². The van der Waals surface area contributed by atoms with Gasteiger partial charge in [-0.3, -0.25) is 0 Å². The van der Waals surface area contributed by atoms with Crippen molar-refractivity contribution in [1.82, 2.24) is 0 Å². The maximum absolute atomic E-state index is 8.53. The molecule has 2 nitrogen and oxygen atoms in total. The van der Waals surface area contributed by atoms with Gasteiger partial charge in [0.25, 0.3) is 0 Å². The molecule has 0 aromatic carbocycles. The fraction of sp³-hybridized carbons (Fsp3) is 1.00. The maximum atomic E-state index is 8.53. The first-order valence-electron chi connectivity index (χ1n) is 2.60. The summed E-state index contributed by atoms with van der Waals surface area (Å²) in [5, 5.41) is 8.53. The van der Waals surface area contributed by atoms with Crippen LogP contribution in [0.15, 0.2) is 0 Å². The van der Waals surface area contributed by atoms with Gasteiger partial charge in [-0.25, -0.2) is 0 Å². The van der Waals surface area contributed by atoms with E-state index in [2.05, 4.69) is 14.1 Å². The van der Waals surface area contributed by atoms with Crippen LogP contribution in [0.25, 0.3) is 0 Å². The van der Waals surface area contributed by atoms with Crippen molar-refractivity contribution in [3.63, 3.8) is 0 Å². The monoisotopic (exact) mass is 102 g/mol. The van der Waals surface area contributed by atoms with E-state index < -0.39 is 0 Å². The molecule has 0 radical (unpaired) electrons. The normalized spacial score (nSPS) is 35.6. The van der Waals surface area contributed by atoms with E-state index in [4.69, 9.17) is 5.11 Å². The van der Waals surface area contributed by atoms with Crippen molar-refractivity contribution >= 4 is 0 Å². The molecule has 0 aromatic rings. The molecule has 1 atom stereocenters. The van der Waals surface area contributed by atoms with Gasteiger partial charge in [-0.15, -0.1) is 0 Å². The summed E-state index contributed by atoms with van der Waals surface area (Å²) in [6.07, 6.45) is 0. The van der Waals surface area contributed by atoms with Gasteiger partial charge in [-0.1, -0.05) is 0 Å². The van der Waals surface area contributed by atoms with E-state index in [1.165, 1.54) is 0 Å². The molecule has 1 rings (SSSR count). The molecule has 42 valence electrons. The van der Waals surface area contributed by atoms with Crippen molar-refractivity contribution in [2.24, 2.45) is 0 Å². The van der Waals surface area contributed by atoms with Crippen LogP contribution in [-0.2, 0) is 0 Å². The minimum Gasteiger partial charge on any atom is -0.390 e. The SMILES string of the molecule is C[N+]1(C)CC1CO. The Morgan fingerprint density at radius 1 is 1.71 bits per heavy atom. The molecule has 1 saturated heterocycles. The molecule has 0 bridgehead atoms. The summed E-state index contributed by atoms with van der Waals surface area (Å²) in [6.45, 7) is 1.50. The highest BCUT2D eigenvalue weighted by atomic mass is 16.3. The quantitative estimate of drug-likeness (QED) is 0.347. The fourth-order valence-electron chi connectivity index (χ4n) is 0.775. The maximum Gasteiger partial charge on any atom is 0.162 e. The largest absolute Gasteiger partial charge is 0.390 e. The zero-order valence-corrected chi connectivity index (χ0v) is 4.89. The van der Waals surface area contributed by atoms with Crippen molar-refractivity contribution in [3.8, 4) is 0 Å². The van der Waals surface area contributed by atoms with Crippen molar-refractivity contribution in [1.29, 1.82) is 0 Å². The first-order chi connectivity index (χ1) is 3.17. The summed E-state index contributed by atoms with van der Waals surface area (Å²) in [4.78, 5) is 0. The Labute approximate surface area is 44.0 Å². The summed E-state index contributed by atoms with van der Waals surface area (Å²) in [6, 6.07) is 0.542. The summed E-state index contributed by atoms with van der Waals surface area (Å²) in [5.74, 6) is 0. The van der Waals surface area contributed by atoms with E-state index in [9.17, 15) is 0 Å². The van der Waals surface area contributed by atoms with Crippen LogP contribution in [0.5, 0.6) is 0 Å². The molecule has 0 aliphatic carbocycles. The number of hydrogen-bond donors (Lipinski definition) is 1. The van der Waals surface area contributed by atoms with Crippen molar-refractivity contribution in [2.45, 2.75) is 6.04 Å². The third-order valence-electron chi connectivity index (χ3n) is 1.75. The lowest BCUT2D eigenvalue weighted by Crippen LogP contribution is -2.17. The van der Waals surface area contributed by atoms with Crippen LogP contribution in [0.4, 0.5) is 0 Å². The van der Waals surface area contributed by atoms with Gasteiger partial charge in [-0.2, -0.15) is 0 Å². The molecule has 0 aromatic heterocycles. The lowest BCUT2D eigenvalue weighted by atomic mass is 10.5. The molecule has 1 unspecified atom stereocenters. The molecule has 0 spiro atoms. The first-order valence-corrected chi connectivity index (χ1v) is 2.60. The average molecular weight is 102 g/mol. The molecular weight excluding hydrogens is 90.1 g/mol. The summed E-state index contributed by atoms with van der Waals surface area (Å²) >= 11 is 0. The third-order valence-corrected chi connectivity index (χ3v) is 1.75. The highest BCUT2D eigenvalue weighted by Crippen LogP contribution is 2.22. The Morgan fingerprint density at radius 3 is 2.14 bits per heavy atom. The number of rotatable bonds is 1. The van der Waals surface area contributed by atoms with Crippen LogP contribution in [0, 0.1) is 0 Å². The molecule has 7 heavy (non-hydrogen) atoms. The van der Waals surface area contributed by atoms with Gasteiger partial charge in [-0.05, 0) is 0 Å². The molecule has 1 aliphatic heterocycles. The predicted octanol–water partition coefficient (Wildman–Crippen LogP) is -0.563. The van der Waals surface area contributed by atoms with Crippen molar-refractivity contribution in [3.05, 3.63) is 0 Å². The van der Waals surface area contributed by atoms with Crippen LogP contribution in [0.2, 0.25) is 0 Å². The van der Waals surface area contributed by atoms with Gasteiger partial charge in [0.2, 0.25) is 0 Å². The van der Waals surface area contributed by atoms with Gasteiger partial charge in [0.05, 0.1) is 14.1 Å². The topological polar surface area (TPSA) is 20.2 Å². The summed E-state index contributed by atoms with van der Waals surface area (Å²) < 4.78 is 1.01. The molecule has 1 aliphatic rings. The van der Waals surface area contributed by atoms with Crippen LogP contribution >= 0.6 is 0 Å². The average Bonchev–Trinajstić information content (AvgIpc) is 2.13. The van der Waals surface area contributed by atoms with E-state index in [0.29, 0.717) is 12.6 Å². The Kier molecular flexibility index (Phi) is 0.869. The van der Waals surface area contributed by atoms with E-state index >= 15 is 0 Å². The first kappa shape index (κ1) is 5.06. The Morgan fingerprint density at radius 2 is 2.14 bits per heavy atom. The second-order valence-electron chi connectivity index (χ2n) is 2.80. The molecule has 0 amide bonds. The van der Waals surface area contributed by atoms with Crippen LogP contribution in [0.1, 0.15) is 0 Å². The predicted molar refractivity (Wildman–Crippen MR) is 27.8 cm³/mol. The molecule has 1 N–H and O–H groups in total. The Hall–Kier alpha value is -0.0800. The van der Waals surface area contributed by atoms with Crippen molar-refractivity contribution in [2.75, 3.05) is 27.2 Å². The molecular formula is C5H12NO+. The van der Waals surface area contributed by atoms with Crippen LogP contribution < -0.4 is 0 Å². The molecule has 0 saturated carbocycles. The minimum atomic E-state index is 0.354. The van der Waals surface area contributed by atoms with Crippen LogP contribution in [0.3, 0.4) is 0 Å². The highest BCUT2D eigenvalue weighted by molar-refractivity contribution is 4.67. The fourth-order valence-corrected chi connectivity index (χ4v) is 0.775. The number of quaternary nitrogens is 1. The van der Waals surface area contributed by atoms with Crippen molar-refractivity contribution < 1.29 is 9.59 Å². The molecule has 1 heterocycles. The third kappa shape index (κ3) is 0.763. The Bertz CT molecular complexity index is 80.1. The van der Waals surface area contributed by atoms with Gasteiger partial charge >= 0.3 is 0 Å². The second kappa shape index (κ2) is 1.20. The summed E-state index contributed by atoms with van der Waals surface area (Å²) in [5.41, 5.74) is 0. The number of likely N-dealkylation sites (N-methyl/N-ethyl adjacent to an activating group) is 1. The van der Waals surface area contributed by atoms with Gasteiger partial charge in [0, 0.05) is 0 Å². The summed E-state index contributed by atoms with van der Waals surface area (Å²) in [7, 11) is 4.25. The Balaban J connectivity index is 2.30. The van der Waals surface area contributed by atoms with E-state index in [1.807, 2.05) is 0 Å². The van der Waals surface area contributed by atoms with Crippen LogP contribution in [-0.4, -0.2) is 42.9 Å². The number of hydrogen-bond acceptors (Lipinski definition) is 1. The van der Waals surface area contributed by atoms with Gasteiger partial charge in [0.1, 0.15) is 13.2 Å². The lowest BCUT2D eigenvalue weighted by Gasteiger charge is -2.01. The minimum absolute atomic E-state index is 0.354. The number of nitrogens with zero attached hydrogens (tertiary/aromatic N) is 1.